The fourth-order valence-electron chi connectivity index (χ4n) is 10.6. The molecular formula is C45H53N3O8S. The highest BCUT2D eigenvalue weighted by Gasteiger charge is 2.49. The van der Waals surface area contributed by atoms with Crippen LogP contribution in [0.5, 0.6) is 11.5 Å². The molecule has 7 aliphatic rings. The Balaban J connectivity index is 1.36. The molecule has 0 aromatic heterocycles. The SMILES string of the molecule is C[C@@H]1CCc2cc3ccc2[C@H]1C[C@@H](S(=O)(=O)O)[C@H]1C=C2C[C@H](C[C@H]4C[C@@H](CO)CC#Cc5cc(O)ccc5[C@@H]2O4)[C@@H]1c1ccc(cc1)[C@](CCCO)(N=C(N)N)O3. The second kappa shape index (κ2) is 15.8. The van der Waals surface area contributed by atoms with Gasteiger partial charge in [-0.2, -0.15) is 8.42 Å². The Morgan fingerprint density at radius 2 is 1.81 bits per heavy atom. The van der Waals surface area contributed by atoms with Crippen molar-refractivity contribution in [2.24, 2.45) is 40.1 Å². The van der Waals surface area contributed by atoms with Crippen LogP contribution in [0.25, 0.3) is 0 Å². The largest absolute Gasteiger partial charge is 0.508 e. The number of rotatable bonds is 6. The normalized spacial score (nSPS) is 31.7. The average Bonchev–Trinajstić information content (AvgIpc) is 3.30. The molecule has 0 radical (unpaired) electrons. The number of nitrogens with two attached hydrogens (primary N) is 2. The topological polar surface area (TPSA) is 198 Å². The molecular weight excluding hydrogens is 743 g/mol. The summed E-state index contributed by atoms with van der Waals surface area (Å²) in [6.07, 6.45) is 5.90. The number of benzene rings is 3. The van der Waals surface area contributed by atoms with Crippen molar-refractivity contribution in [1.29, 1.82) is 0 Å². The predicted molar refractivity (Wildman–Crippen MR) is 217 cm³/mol. The van der Waals surface area contributed by atoms with Gasteiger partial charge >= 0.3 is 0 Å². The molecule has 1 saturated heterocycles. The number of phenols is 1. The van der Waals surface area contributed by atoms with Crippen molar-refractivity contribution in [2.45, 2.75) is 99.7 Å². The molecule has 8 N–H and O–H groups in total. The Labute approximate surface area is 334 Å². The van der Waals surface area contributed by atoms with Gasteiger partial charge in [0.1, 0.15) is 17.6 Å². The van der Waals surface area contributed by atoms with Gasteiger partial charge in [0, 0.05) is 48.7 Å². The Kier molecular flexibility index (Phi) is 10.9. The van der Waals surface area contributed by atoms with E-state index in [-0.39, 0.29) is 67.0 Å². The van der Waals surface area contributed by atoms with Crippen molar-refractivity contribution >= 4 is 16.1 Å². The first-order valence-corrected chi connectivity index (χ1v) is 21.7. The van der Waals surface area contributed by atoms with Crippen LogP contribution in [0.1, 0.15) is 110 Å². The van der Waals surface area contributed by atoms with Crippen molar-refractivity contribution in [3.63, 3.8) is 0 Å². The number of nitrogens with zero attached hydrogens (tertiary/aromatic N) is 1. The molecule has 10 atom stereocenters. The van der Waals surface area contributed by atoms with E-state index in [0.29, 0.717) is 55.4 Å². The Hall–Kier alpha value is -4.38. The number of aliphatic imine (C=N–C) groups is 1. The Morgan fingerprint density at radius 3 is 2.54 bits per heavy atom. The molecule has 10 bridgehead atoms. The van der Waals surface area contributed by atoms with Gasteiger partial charge in [0.25, 0.3) is 10.1 Å². The highest BCUT2D eigenvalue weighted by atomic mass is 32.2. The minimum Gasteiger partial charge on any atom is -0.508 e. The van der Waals surface area contributed by atoms with Crippen LogP contribution < -0.4 is 16.2 Å². The smallest absolute Gasteiger partial charge is 0.268 e. The van der Waals surface area contributed by atoms with Gasteiger partial charge < -0.3 is 36.3 Å². The van der Waals surface area contributed by atoms with Gasteiger partial charge in [-0.05, 0) is 121 Å². The fraction of sp³-hybridized carbons (Fsp3) is 0.489. The third kappa shape index (κ3) is 7.80. The molecule has 1 fully saturated rings. The lowest BCUT2D eigenvalue weighted by Gasteiger charge is -2.42. The van der Waals surface area contributed by atoms with Gasteiger partial charge in [0.15, 0.2) is 5.96 Å². The van der Waals surface area contributed by atoms with Crippen molar-refractivity contribution in [3.05, 3.63) is 106 Å². The summed E-state index contributed by atoms with van der Waals surface area (Å²) in [6.45, 7) is 2.00. The monoisotopic (exact) mass is 795 g/mol. The first-order chi connectivity index (χ1) is 27.4. The molecule has 0 saturated carbocycles. The molecule has 3 aromatic carbocycles. The second-order valence-electron chi connectivity index (χ2n) is 16.9. The standard InChI is InChI=1S/C45H53N3O8S/c1-26-6-7-30-21-35-13-15-37(30)39(26)24-41(57(52,53)54)40-23-32-19-31(42(40)28-8-10-33(11-9-28)45(56-35,16-3-17-49)48-44(46)47)22-36-18-27(25-50)4-2-5-29-20-34(51)12-14-38(29)43(32)55-36/h8-15,20-21,23,26-27,31,36,39-43,49-51H,3-4,6-7,16-19,22,24-25H2,1H3,(H4,46,47,48)(H,52,53,54)/t26-,27+,31-,36-,39+,40-,41-,42+,43-,45-/m1/s1. The number of phenolic OH excluding ortho intramolecular Hbond substituents is 1. The van der Waals surface area contributed by atoms with E-state index in [4.69, 9.17) is 20.9 Å². The van der Waals surface area contributed by atoms with Crippen LogP contribution in [-0.2, 0) is 27.0 Å². The van der Waals surface area contributed by atoms with E-state index < -0.39 is 33.1 Å². The van der Waals surface area contributed by atoms with Crippen LogP contribution >= 0.6 is 0 Å². The van der Waals surface area contributed by atoms with E-state index in [1.54, 1.807) is 12.1 Å². The van der Waals surface area contributed by atoms with Gasteiger partial charge in [0.2, 0.25) is 5.72 Å². The molecule has 5 heterocycles. The molecule has 2 aliphatic carbocycles. The van der Waals surface area contributed by atoms with Crippen LogP contribution in [-0.4, -0.2) is 58.8 Å². The molecule has 302 valence electrons. The Morgan fingerprint density at radius 1 is 1.02 bits per heavy atom. The molecule has 0 unspecified atom stereocenters. The number of guanidine groups is 1. The maximum Gasteiger partial charge on any atom is 0.268 e. The van der Waals surface area contributed by atoms with Crippen molar-refractivity contribution < 1.29 is 37.8 Å². The van der Waals surface area contributed by atoms with Gasteiger partial charge in [-0.15, -0.1) is 0 Å². The molecule has 0 amide bonds. The first kappa shape index (κ1) is 39.4. The minimum atomic E-state index is -4.61. The van der Waals surface area contributed by atoms with E-state index >= 15 is 0 Å². The zero-order chi connectivity index (χ0) is 40.1. The third-order valence-electron chi connectivity index (χ3n) is 13.2. The number of allylic oxidation sites excluding steroid dienone is 1. The fourth-order valence-corrected chi connectivity index (χ4v) is 11.7. The van der Waals surface area contributed by atoms with Crippen LogP contribution in [0, 0.1) is 35.5 Å². The zero-order valence-corrected chi connectivity index (χ0v) is 33.1. The maximum absolute atomic E-state index is 14.0. The number of aliphatic hydroxyl groups is 2. The molecule has 57 heavy (non-hydrogen) atoms. The molecule has 3 aromatic rings. The summed E-state index contributed by atoms with van der Waals surface area (Å²) >= 11 is 0. The molecule has 10 rings (SSSR count). The van der Waals surface area contributed by atoms with Crippen molar-refractivity contribution in [3.8, 4) is 23.3 Å². The highest BCUT2D eigenvalue weighted by Crippen LogP contribution is 2.55. The van der Waals surface area contributed by atoms with Crippen molar-refractivity contribution in [1.82, 2.24) is 0 Å². The zero-order valence-electron chi connectivity index (χ0n) is 32.3. The van der Waals surface area contributed by atoms with E-state index in [1.807, 2.05) is 48.5 Å². The second-order valence-corrected chi connectivity index (χ2v) is 18.5. The van der Waals surface area contributed by atoms with Crippen LogP contribution in [0.2, 0.25) is 0 Å². The number of aliphatic hydroxyl groups excluding tert-OH is 2. The summed E-state index contributed by atoms with van der Waals surface area (Å²) in [4.78, 5) is 4.69. The van der Waals surface area contributed by atoms with Crippen LogP contribution in [0.4, 0.5) is 0 Å². The summed E-state index contributed by atoms with van der Waals surface area (Å²) in [6, 6.07) is 18.8. The summed E-state index contributed by atoms with van der Waals surface area (Å²) in [7, 11) is -4.61. The average molecular weight is 796 g/mol. The lowest BCUT2D eigenvalue weighted by molar-refractivity contribution is -0.0131. The number of aromatic hydroxyl groups is 1. The van der Waals surface area contributed by atoms with E-state index in [9.17, 15) is 28.3 Å². The summed E-state index contributed by atoms with van der Waals surface area (Å²) in [5.41, 5.74) is 16.8. The molecule has 11 nitrogen and oxygen atoms in total. The van der Waals surface area contributed by atoms with Gasteiger partial charge in [-0.1, -0.05) is 61.2 Å². The summed E-state index contributed by atoms with van der Waals surface area (Å²) in [5, 5.41) is 29.8. The lowest BCUT2D eigenvalue weighted by Crippen LogP contribution is -2.40. The number of ether oxygens (including phenoxy) is 2. The number of fused-ring (bicyclic) bond motifs is 9. The highest BCUT2D eigenvalue weighted by molar-refractivity contribution is 7.86. The number of hydrogen-bond donors (Lipinski definition) is 6. The lowest BCUT2D eigenvalue weighted by atomic mass is 9.64. The third-order valence-corrected chi connectivity index (χ3v) is 14.5. The number of hydrogen-bond acceptors (Lipinski definition) is 8. The van der Waals surface area contributed by atoms with Gasteiger partial charge in [-0.25, -0.2) is 4.99 Å². The molecule has 0 spiro atoms. The Bertz CT molecular complexity index is 2230. The molecule has 5 aliphatic heterocycles. The van der Waals surface area contributed by atoms with Crippen LogP contribution in [0.15, 0.2) is 77.3 Å². The van der Waals surface area contributed by atoms with Gasteiger partial charge in [-0.3, -0.25) is 4.55 Å². The van der Waals surface area contributed by atoms with Gasteiger partial charge in [0.05, 0.1) is 11.4 Å². The van der Waals surface area contributed by atoms with E-state index in [0.717, 1.165) is 40.7 Å². The summed E-state index contributed by atoms with van der Waals surface area (Å²) in [5.74, 6) is 5.71. The predicted octanol–water partition coefficient (Wildman–Crippen LogP) is 5.93. The number of aryl methyl sites for hydroxylation is 1. The minimum absolute atomic E-state index is 0.0594. The quantitative estimate of drug-likeness (QED) is 0.0572. The summed E-state index contributed by atoms with van der Waals surface area (Å²) < 4.78 is 53.2. The van der Waals surface area contributed by atoms with Crippen molar-refractivity contribution in [2.75, 3.05) is 13.2 Å². The van der Waals surface area contributed by atoms with E-state index in [2.05, 4.69) is 29.8 Å². The van der Waals surface area contributed by atoms with Crippen LogP contribution in [0.3, 0.4) is 0 Å². The van der Waals surface area contributed by atoms with E-state index in [1.165, 1.54) is 0 Å². The maximum atomic E-state index is 14.0. The first-order valence-electron chi connectivity index (χ1n) is 20.2. The molecule has 12 heteroatoms.